The molecule has 1 heterocycles. The molecule has 0 N–H and O–H groups in total. The number of ether oxygens (including phenoxy) is 1. The van der Waals surface area contributed by atoms with Gasteiger partial charge in [0, 0.05) is 5.92 Å². The zero-order valence-electron chi connectivity index (χ0n) is 9.68. The summed E-state index contributed by atoms with van der Waals surface area (Å²) in [5.74, 6) is 1.55. The van der Waals surface area contributed by atoms with E-state index in [4.69, 9.17) is 9.26 Å². The molecule has 90 valence electrons. The van der Waals surface area contributed by atoms with E-state index < -0.39 is 0 Å². The minimum atomic E-state index is -0.293. The standard InChI is InChI=1S/C12H13FN2O2/c1-8(2)12-14-11(15-17-12)7-16-10-5-3-9(13)4-6-10/h3-6,8H,7H2,1-2H3. The summed E-state index contributed by atoms with van der Waals surface area (Å²) < 4.78 is 23.1. The maximum absolute atomic E-state index is 12.6. The summed E-state index contributed by atoms with van der Waals surface area (Å²) in [6.07, 6.45) is 0. The van der Waals surface area contributed by atoms with Crippen LogP contribution >= 0.6 is 0 Å². The van der Waals surface area contributed by atoms with Crippen LogP contribution in [-0.4, -0.2) is 10.1 Å². The van der Waals surface area contributed by atoms with Crippen molar-refractivity contribution in [1.29, 1.82) is 0 Å². The summed E-state index contributed by atoms with van der Waals surface area (Å²) in [6, 6.07) is 5.79. The van der Waals surface area contributed by atoms with Gasteiger partial charge < -0.3 is 9.26 Å². The third kappa shape index (κ3) is 3.03. The first-order valence-corrected chi connectivity index (χ1v) is 5.36. The lowest BCUT2D eigenvalue weighted by Crippen LogP contribution is -1.98. The molecule has 0 saturated carbocycles. The number of rotatable bonds is 4. The van der Waals surface area contributed by atoms with Gasteiger partial charge in [-0.25, -0.2) is 4.39 Å². The molecule has 0 fully saturated rings. The molecule has 0 aliphatic rings. The van der Waals surface area contributed by atoms with Crippen molar-refractivity contribution in [1.82, 2.24) is 10.1 Å². The van der Waals surface area contributed by atoms with Crippen molar-refractivity contribution in [3.05, 3.63) is 41.8 Å². The normalized spacial score (nSPS) is 10.8. The minimum Gasteiger partial charge on any atom is -0.485 e. The first-order valence-electron chi connectivity index (χ1n) is 5.36. The summed E-state index contributed by atoms with van der Waals surface area (Å²) in [5.41, 5.74) is 0. The quantitative estimate of drug-likeness (QED) is 0.818. The van der Waals surface area contributed by atoms with Crippen molar-refractivity contribution in [3.63, 3.8) is 0 Å². The van der Waals surface area contributed by atoms with Crippen LogP contribution in [0.25, 0.3) is 0 Å². The molecular formula is C12H13FN2O2. The monoisotopic (exact) mass is 236 g/mol. The minimum absolute atomic E-state index is 0.196. The maximum Gasteiger partial charge on any atom is 0.229 e. The third-order valence-corrected chi connectivity index (χ3v) is 2.16. The Hall–Kier alpha value is -1.91. The third-order valence-electron chi connectivity index (χ3n) is 2.16. The highest BCUT2D eigenvalue weighted by Gasteiger charge is 2.09. The molecule has 0 radical (unpaired) electrons. The summed E-state index contributed by atoms with van der Waals surface area (Å²) in [5, 5.41) is 3.78. The fraction of sp³-hybridized carbons (Fsp3) is 0.333. The van der Waals surface area contributed by atoms with Gasteiger partial charge in [0.2, 0.25) is 11.7 Å². The first kappa shape index (κ1) is 11.6. The fourth-order valence-corrected chi connectivity index (χ4v) is 1.24. The molecule has 17 heavy (non-hydrogen) atoms. The van der Waals surface area contributed by atoms with Crippen molar-refractivity contribution >= 4 is 0 Å². The van der Waals surface area contributed by atoms with Crippen LogP contribution in [0.4, 0.5) is 4.39 Å². The van der Waals surface area contributed by atoms with Crippen molar-refractivity contribution in [2.45, 2.75) is 26.4 Å². The lowest BCUT2D eigenvalue weighted by atomic mass is 10.2. The van der Waals surface area contributed by atoms with Gasteiger partial charge in [-0.3, -0.25) is 0 Å². The molecule has 0 atom stereocenters. The molecule has 0 saturated heterocycles. The zero-order valence-corrected chi connectivity index (χ0v) is 9.68. The van der Waals surface area contributed by atoms with Crippen LogP contribution in [0.2, 0.25) is 0 Å². The van der Waals surface area contributed by atoms with E-state index in [0.717, 1.165) is 0 Å². The molecule has 5 heteroatoms. The van der Waals surface area contributed by atoms with Gasteiger partial charge in [-0.15, -0.1) is 0 Å². The van der Waals surface area contributed by atoms with E-state index in [1.165, 1.54) is 12.1 Å². The van der Waals surface area contributed by atoms with E-state index in [1.54, 1.807) is 12.1 Å². The number of halogens is 1. The van der Waals surface area contributed by atoms with Gasteiger partial charge in [-0.05, 0) is 24.3 Å². The van der Waals surface area contributed by atoms with E-state index in [9.17, 15) is 4.39 Å². The molecule has 0 unspecified atom stereocenters. The topological polar surface area (TPSA) is 48.2 Å². The molecule has 0 spiro atoms. The highest BCUT2D eigenvalue weighted by atomic mass is 19.1. The highest BCUT2D eigenvalue weighted by Crippen LogP contribution is 2.14. The highest BCUT2D eigenvalue weighted by molar-refractivity contribution is 5.22. The Morgan fingerprint density at radius 2 is 2.00 bits per heavy atom. The number of hydrogen-bond donors (Lipinski definition) is 0. The van der Waals surface area contributed by atoms with Gasteiger partial charge in [-0.2, -0.15) is 4.98 Å². The van der Waals surface area contributed by atoms with Crippen LogP contribution in [0, 0.1) is 5.82 Å². The predicted molar refractivity (Wildman–Crippen MR) is 59.1 cm³/mol. The van der Waals surface area contributed by atoms with Crippen LogP contribution in [0.5, 0.6) is 5.75 Å². The Labute approximate surface area is 98.4 Å². The lowest BCUT2D eigenvalue weighted by molar-refractivity contribution is 0.284. The van der Waals surface area contributed by atoms with Gasteiger partial charge in [0.05, 0.1) is 0 Å². The average Bonchev–Trinajstić information content (AvgIpc) is 2.77. The molecule has 4 nitrogen and oxygen atoms in total. The Kier molecular flexibility index (Phi) is 3.37. The van der Waals surface area contributed by atoms with Crippen molar-refractivity contribution < 1.29 is 13.7 Å². The first-order chi connectivity index (χ1) is 8.15. The largest absolute Gasteiger partial charge is 0.485 e. The zero-order chi connectivity index (χ0) is 12.3. The predicted octanol–water partition coefficient (Wildman–Crippen LogP) is 2.91. The molecule has 2 aromatic rings. The molecule has 0 amide bonds. The molecule has 0 aliphatic heterocycles. The van der Waals surface area contributed by atoms with Crippen LogP contribution < -0.4 is 4.74 Å². The van der Waals surface area contributed by atoms with Crippen molar-refractivity contribution in [2.75, 3.05) is 0 Å². The van der Waals surface area contributed by atoms with Gasteiger partial charge >= 0.3 is 0 Å². The lowest BCUT2D eigenvalue weighted by Gasteiger charge is -2.01. The van der Waals surface area contributed by atoms with Gasteiger partial charge in [0.1, 0.15) is 11.6 Å². The van der Waals surface area contributed by atoms with E-state index in [2.05, 4.69) is 10.1 Å². The van der Waals surface area contributed by atoms with Crippen LogP contribution in [-0.2, 0) is 6.61 Å². The second kappa shape index (κ2) is 4.95. The molecule has 1 aromatic heterocycles. The maximum atomic E-state index is 12.6. The summed E-state index contributed by atoms with van der Waals surface area (Å²) >= 11 is 0. The van der Waals surface area contributed by atoms with E-state index in [0.29, 0.717) is 17.5 Å². The van der Waals surface area contributed by atoms with E-state index >= 15 is 0 Å². The number of nitrogens with zero attached hydrogens (tertiary/aromatic N) is 2. The second-order valence-corrected chi connectivity index (χ2v) is 3.95. The number of aromatic nitrogens is 2. The fourth-order valence-electron chi connectivity index (χ4n) is 1.24. The SMILES string of the molecule is CC(C)c1nc(COc2ccc(F)cc2)no1. The summed E-state index contributed by atoms with van der Waals surface area (Å²) in [7, 11) is 0. The second-order valence-electron chi connectivity index (χ2n) is 3.95. The number of benzene rings is 1. The molecule has 1 aromatic carbocycles. The van der Waals surface area contributed by atoms with E-state index in [-0.39, 0.29) is 18.3 Å². The van der Waals surface area contributed by atoms with Crippen LogP contribution in [0.3, 0.4) is 0 Å². The number of hydrogen-bond acceptors (Lipinski definition) is 4. The van der Waals surface area contributed by atoms with Gasteiger partial charge in [-0.1, -0.05) is 19.0 Å². The van der Waals surface area contributed by atoms with E-state index in [1.807, 2.05) is 13.8 Å². The summed E-state index contributed by atoms with van der Waals surface area (Å²) in [4.78, 5) is 4.17. The molecular weight excluding hydrogens is 223 g/mol. The Morgan fingerprint density at radius 3 is 2.59 bits per heavy atom. The Morgan fingerprint density at radius 1 is 1.29 bits per heavy atom. The smallest absolute Gasteiger partial charge is 0.229 e. The van der Waals surface area contributed by atoms with Crippen molar-refractivity contribution in [3.8, 4) is 5.75 Å². The molecule has 0 aliphatic carbocycles. The molecule has 2 rings (SSSR count). The summed E-state index contributed by atoms with van der Waals surface area (Å²) in [6.45, 7) is 4.15. The van der Waals surface area contributed by atoms with Crippen LogP contribution in [0.1, 0.15) is 31.5 Å². The molecule has 0 bridgehead atoms. The Balaban J connectivity index is 1.95. The van der Waals surface area contributed by atoms with Crippen LogP contribution in [0.15, 0.2) is 28.8 Å². The van der Waals surface area contributed by atoms with Gasteiger partial charge in [0.15, 0.2) is 6.61 Å². The Bertz CT molecular complexity index is 480. The average molecular weight is 236 g/mol. The van der Waals surface area contributed by atoms with Gasteiger partial charge in [0.25, 0.3) is 0 Å². The van der Waals surface area contributed by atoms with Crippen molar-refractivity contribution in [2.24, 2.45) is 0 Å².